The first-order chi connectivity index (χ1) is 11.9. The molecule has 2 rings (SSSR count). The standard InChI is InChI=1S/C19H30N2O3S/c1-4-5-7-17-8-10-18(11-9-17)25(23,24)21-13-6-12-20(14-15-21)19(22)16(2)3/h8-11,16H,4-7,12-15H2,1-3H3. The van der Waals surface area contributed by atoms with Gasteiger partial charge in [0.2, 0.25) is 15.9 Å². The molecule has 1 heterocycles. The minimum atomic E-state index is -3.50. The molecule has 0 radical (unpaired) electrons. The Balaban J connectivity index is 2.07. The maximum Gasteiger partial charge on any atom is 0.243 e. The molecule has 1 aliphatic rings. The van der Waals surface area contributed by atoms with Crippen molar-refractivity contribution in [1.29, 1.82) is 0 Å². The monoisotopic (exact) mass is 366 g/mol. The van der Waals surface area contributed by atoms with Gasteiger partial charge in [-0.05, 0) is 37.0 Å². The summed E-state index contributed by atoms with van der Waals surface area (Å²) >= 11 is 0. The minimum Gasteiger partial charge on any atom is -0.341 e. The van der Waals surface area contributed by atoms with Crippen molar-refractivity contribution < 1.29 is 13.2 Å². The minimum absolute atomic E-state index is 0.0566. The Kier molecular flexibility index (Phi) is 7.02. The van der Waals surface area contributed by atoms with E-state index in [4.69, 9.17) is 0 Å². The third-order valence-corrected chi connectivity index (χ3v) is 6.55. The smallest absolute Gasteiger partial charge is 0.243 e. The molecule has 140 valence electrons. The molecule has 0 atom stereocenters. The summed E-state index contributed by atoms with van der Waals surface area (Å²) in [5.41, 5.74) is 1.17. The molecule has 0 spiro atoms. The number of carbonyl (C=O) groups excluding carboxylic acids is 1. The molecular weight excluding hydrogens is 336 g/mol. The van der Waals surface area contributed by atoms with E-state index >= 15 is 0 Å². The van der Waals surface area contributed by atoms with Crippen molar-refractivity contribution in [2.75, 3.05) is 26.2 Å². The Morgan fingerprint density at radius 2 is 1.76 bits per heavy atom. The van der Waals surface area contributed by atoms with Crippen LogP contribution in [0.4, 0.5) is 0 Å². The first kappa shape index (κ1) is 19.9. The third kappa shape index (κ3) is 5.05. The maximum absolute atomic E-state index is 12.9. The van der Waals surface area contributed by atoms with Crippen LogP contribution in [0.1, 0.15) is 45.6 Å². The van der Waals surface area contributed by atoms with Crippen molar-refractivity contribution in [3.8, 4) is 0 Å². The van der Waals surface area contributed by atoms with Gasteiger partial charge in [0.1, 0.15) is 0 Å². The predicted molar refractivity (Wildman–Crippen MR) is 99.8 cm³/mol. The van der Waals surface area contributed by atoms with Crippen LogP contribution in [0.2, 0.25) is 0 Å². The van der Waals surface area contributed by atoms with E-state index in [9.17, 15) is 13.2 Å². The molecule has 0 saturated carbocycles. The van der Waals surface area contributed by atoms with Crippen LogP contribution in [0.5, 0.6) is 0 Å². The van der Waals surface area contributed by atoms with E-state index in [1.165, 1.54) is 9.87 Å². The van der Waals surface area contributed by atoms with E-state index < -0.39 is 10.0 Å². The normalized spacial score (nSPS) is 16.9. The lowest BCUT2D eigenvalue weighted by molar-refractivity contribution is -0.134. The van der Waals surface area contributed by atoms with Crippen molar-refractivity contribution in [2.24, 2.45) is 5.92 Å². The first-order valence-corrected chi connectivity index (χ1v) is 10.7. The average molecular weight is 367 g/mol. The summed E-state index contributed by atoms with van der Waals surface area (Å²) in [6, 6.07) is 7.24. The quantitative estimate of drug-likeness (QED) is 0.778. The highest BCUT2D eigenvalue weighted by Crippen LogP contribution is 2.19. The van der Waals surface area contributed by atoms with Gasteiger partial charge >= 0.3 is 0 Å². The van der Waals surface area contributed by atoms with E-state index in [0.717, 1.165) is 19.3 Å². The van der Waals surface area contributed by atoms with Crippen LogP contribution in [0, 0.1) is 5.92 Å². The largest absolute Gasteiger partial charge is 0.341 e. The number of sulfonamides is 1. The van der Waals surface area contributed by atoms with Gasteiger partial charge in [-0.15, -0.1) is 0 Å². The molecule has 5 nitrogen and oxygen atoms in total. The van der Waals surface area contributed by atoms with Crippen LogP contribution >= 0.6 is 0 Å². The van der Waals surface area contributed by atoms with Crippen molar-refractivity contribution in [1.82, 2.24) is 9.21 Å². The molecule has 1 aliphatic heterocycles. The number of carbonyl (C=O) groups is 1. The van der Waals surface area contributed by atoms with Gasteiger partial charge in [0.05, 0.1) is 4.90 Å². The number of unbranched alkanes of at least 4 members (excludes halogenated alkanes) is 1. The Hall–Kier alpha value is -1.40. The van der Waals surface area contributed by atoms with Crippen molar-refractivity contribution >= 4 is 15.9 Å². The maximum atomic E-state index is 12.9. The van der Waals surface area contributed by atoms with E-state index in [1.807, 2.05) is 26.0 Å². The molecule has 1 aromatic rings. The van der Waals surface area contributed by atoms with Crippen molar-refractivity contribution in [3.05, 3.63) is 29.8 Å². The molecule has 6 heteroatoms. The number of hydrogen-bond donors (Lipinski definition) is 0. The predicted octanol–water partition coefficient (Wildman–Crippen LogP) is 2.91. The molecule has 0 aliphatic carbocycles. The number of amides is 1. The Labute approximate surface area is 152 Å². The van der Waals surface area contributed by atoms with Crippen LogP contribution in [0.3, 0.4) is 0 Å². The first-order valence-electron chi connectivity index (χ1n) is 9.24. The van der Waals surface area contributed by atoms with Crippen molar-refractivity contribution in [3.63, 3.8) is 0 Å². The molecule has 1 amide bonds. The van der Waals surface area contributed by atoms with Crippen LogP contribution < -0.4 is 0 Å². The molecule has 1 aromatic carbocycles. The highest BCUT2D eigenvalue weighted by molar-refractivity contribution is 7.89. The third-order valence-electron chi connectivity index (χ3n) is 4.64. The van der Waals surface area contributed by atoms with Gasteiger partial charge in [0.15, 0.2) is 0 Å². The Morgan fingerprint density at radius 3 is 2.36 bits per heavy atom. The van der Waals surface area contributed by atoms with E-state index in [1.54, 1.807) is 17.0 Å². The zero-order chi connectivity index (χ0) is 18.4. The molecular formula is C19H30N2O3S. The molecule has 1 saturated heterocycles. The van der Waals surface area contributed by atoms with Gasteiger partial charge in [-0.25, -0.2) is 8.42 Å². The number of benzene rings is 1. The van der Waals surface area contributed by atoms with Crippen LogP contribution in [-0.2, 0) is 21.2 Å². The second-order valence-corrected chi connectivity index (χ2v) is 8.92. The zero-order valence-electron chi connectivity index (χ0n) is 15.6. The zero-order valence-corrected chi connectivity index (χ0v) is 16.4. The van der Waals surface area contributed by atoms with Gasteiger partial charge in [-0.3, -0.25) is 4.79 Å². The number of nitrogens with zero attached hydrogens (tertiary/aromatic N) is 2. The van der Waals surface area contributed by atoms with E-state index in [2.05, 4.69) is 6.92 Å². The van der Waals surface area contributed by atoms with Crippen LogP contribution in [-0.4, -0.2) is 49.7 Å². The van der Waals surface area contributed by atoms with Gasteiger partial charge < -0.3 is 4.90 Å². The summed E-state index contributed by atoms with van der Waals surface area (Å²) in [4.78, 5) is 14.3. The van der Waals surface area contributed by atoms with Gasteiger partial charge in [-0.2, -0.15) is 4.31 Å². The lowest BCUT2D eigenvalue weighted by atomic mass is 10.1. The summed E-state index contributed by atoms with van der Waals surface area (Å²) in [6.07, 6.45) is 3.89. The van der Waals surface area contributed by atoms with E-state index in [-0.39, 0.29) is 11.8 Å². The summed E-state index contributed by atoms with van der Waals surface area (Å²) in [5, 5.41) is 0. The second kappa shape index (κ2) is 8.81. The molecule has 25 heavy (non-hydrogen) atoms. The molecule has 0 unspecified atom stereocenters. The van der Waals surface area contributed by atoms with Crippen LogP contribution in [0.25, 0.3) is 0 Å². The van der Waals surface area contributed by atoms with E-state index in [0.29, 0.717) is 37.5 Å². The lowest BCUT2D eigenvalue weighted by Crippen LogP contribution is -2.38. The SMILES string of the molecule is CCCCc1ccc(S(=O)(=O)N2CCCN(C(=O)C(C)C)CC2)cc1. The summed E-state index contributed by atoms with van der Waals surface area (Å²) in [7, 11) is -3.50. The summed E-state index contributed by atoms with van der Waals surface area (Å²) < 4.78 is 27.3. The Bertz CT molecular complexity index is 668. The fraction of sp³-hybridized carbons (Fsp3) is 0.632. The topological polar surface area (TPSA) is 57.7 Å². The number of aryl methyl sites for hydroxylation is 1. The lowest BCUT2D eigenvalue weighted by Gasteiger charge is -2.23. The molecule has 0 aromatic heterocycles. The number of hydrogen-bond acceptors (Lipinski definition) is 3. The fourth-order valence-electron chi connectivity index (χ4n) is 3.08. The van der Waals surface area contributed by atoms with Crippen LogP contribution in [0.15, 0.2) is 29.2 Å². The highest BCUT2D eigenvalue weighted by Gasteiger charge is 2.28. The number of rotatable bonds is 6. The van der Waals surface area contributed by atoms with Crippen molar-refractivity contribution in [2.45, 2.75) is 51.3 Å². The fourth-order valence-corrected chi connectivity index (χ4v) is 4.55. The molecule has 0 N–H and O–H groups in total. The van der Waals surface area contributed by atoms with Gasteiger partial charge in [0.25, 0.3) is 0 Å². The summed E-state index contributed by atoms with van der Waals surface area (Å²) in [5.74, 6) is 0.0401. The molecule has 0 bridgehead atoms. The highest BCUT2D eigenvalue weighted by atomic mass is 32.2. The van der Waals surface area contributed by atoms with Gasteiger partial charge in [0, 0.05) is 32.1 Å². The Morgan fingerprint density at radius 1 is 1.08 bits per heavy atom. The molecule has 1 fully saturated rings. The average Bonchev–Trinajstić information content (AvgIpc) is 2.86. The van der Waals surface area contributed by atoms with Gasteiger partial charge in [-0.1, -0.05) is 39.3 Å². The second-order valence-electron chi connectivity index (χ2n) is 6.99. The summed E-state index contributed by atoms with van der Waals surface area (Å²) in [6.45, 7) is 7.80.